The molecule has 3 N–H and O–H groups in total. The van der Waals surface area contributed by atoms with Crippen molar-refractivity contribution in [3.05, 3.63) is 41.2 Å². The molecule has 1 aromatic carbocycles. The quantitative estimate of drug-likeness (QED) is 0.713. The van der Waals surface area contributed by atoms with Crippen molar-refractivity contribution in [3.63, 3.8) is 0 Å². The molecule has 6 heteroatoms. The highest BCUT2D eigenvalue weighted by atomic mass is 16.1. The average Bonchev–Trinajstić information content (AvgIpc) is 3.42. The lowest BCUT2D eigenvalue weighted by Crippen LogP contribution is -2.38. The zero-order chi connectivity index (χ0) is 18.3. The summed E-state index contributed by atoms with van der Waals surface area (Å²) in [7, 11) is 0. The summed E-state index contributed by atoms with van der Waals surface area (Å²) < 4.78 is 1.90. The average molecular weight is 351 g/mol. The fraction of sp³-hybridized carbons (Fsp3) is 0.450. The van der Waals surface area contributed by atoms with Crippen LogP contribution in [0.4, 0.5) is 0 Å². The molecule has 1 atom stereocenters. The lowest BCUT2D eigenvalue weighted by Gasteiger charge is -2.13. The van der Waals surface area contributed by atoms with E-state index in [2.05, 4.69) is 10.4 Å². The van der Waals surface area contributed by atoms with Gasteiger partial charge in [0, 0.05) is 35.8 Å². The molecule has 0 saturated heterocycles. The minimum absolute atomic E-state index is 0.0469. The summed E-state index contributed by atoms with van der Waals surface area (Å²) in [5.74, 6) is 0.644. The number of carbonyl (C=O) groups is 1. The predicted molar refractivity (Wildman–Crippen MR) is 102 cm³/mol. The molecule has 3 aromatic rings. The highest BCUT2D eigenvalue weighted by Crippen LogP contribution is 2.31. The molecule has 2 heterocycles. The molecular formula is C20H25N5O. The third kappa shape index (κ3) is 3.17. The highest BCUT2D eigenvalue weighted by Gasteiger charge is 2.28. The molecule has 1 unspecified atom stereocenters. The molecule has 6 nitrogen and oxygen atoms in total. The molecule has 1 fully saturated rings. The van der Waals surface area contributed by atoms with Crippen molar-refractivity contribution in [1.82, 2.24) is 19.9 Å². The second-order valence-corrected chi connectivity index (χ2v) is 7.32. The number of hydrogen-bond donors (Lipinski definition) is 2. The van der Waals surface area contributed by atoms with Crippen molar-refractivity contribution in [1.29, 1.82) is 0 Å². The van der Waals surface area contributed by atoms with Crippen LogP contribution in [0.3, 0.4) is 0 Å². The molecule has 136 valence electrons. The van der Waals surface area contributed by atoms with Crippen LogP contribution in [0.25, 0.3) is 16.6 Å². The normalized spacial score (nSPS) is 15.5. The minimum Gasteiger partial charge on any atom is -0.355 e. The first kappa shape index (κ1) is 17.0. The van der Waals surface area contributed by atoms with E-state index in [0.717, 1.165) is 33.5 Å². The van der Waals surface area contributed by atoms with Gasteiger partial charge in [0.15, 0.2) is 5.65 Å². The third-order valence-corrected chi connectivity index (χ3v) is 5.38. The van der Waals surface area contributed by atoms with Crippen molar-refractivity contribution in [2.24, 2.45) is 11.7 Å². The zero-order valence-electron chi connectivity index (χ0n) is 15.3. The van der Waals surface area contributed by atoms with E-state index in [1.165, 1.54) is 12.8 Å². The topological polar surface area (TPSA) is 85.3 Å². The van der Waals surface area contributed by atoms with Gasteiger partial charge in [0.25, 0.3) is 0 Å². The predicted octanol–water partition coefficient (Wildman–Crippen LogP) is 2.29. The van der Waals surface area contributed by atoms with E-state index in [0.29, 0.717) is 25.3 Å². The van der Waals surface area contributed by atoms with Gasteiger partial charge in [-0.05, 0) is 56.7 Å². The van der Waals surface area contributed by atoms with Crippen LogP contribution in [0.15, 0.2) is 24.3 Å². The molecule has 4 rings (SSSR count). The van der Waals surface area contributed by atoms with Crippen molar-refractivity contribution in [2.45, 2.75) is 45.6 Å². The molecular weight excluding hydrogens is 326 g/mol. The SMILES string of the molecule is Cc1nc2c3ccccc3nn2c(C)c1CCC(=O)NCC(N)C1CC1. The van der Waals surface area contributed by atoms with Gasteiger partial charge < -0.3 is 11.1 Å². The maximum absolute atomic E-state index is 12.2. The van der Waals surface area contributed by atoms with Crippen LogP contribution in [0.5, 0.6) is 0 Å². The number of nitrogens with zero attached hydrogens (tertiary/aromatic N) is 3. The summed E-state index contributed by atoms with van der Waals surface area (Å²) in [5.41, 5.74) is 11.0. The Balaban J connectivity index is 1.50. The van der Waals surface area contributed by atoms with E-state index in [1.54, 1.807) is 0 Å². The molecule has 2 aromatic heterocycles. The first-order valence-corrected chi connectivity index (χ1v) is 9.30. The number of aromatic nitrogens is 3. The van der Waals surface area contributed by atoms with Gasteiger partial charge in [-0.1, -0.05) is 12.1 Å². The second-order valence-electron chi connectivity index (χ2n) is 7.32. The van der Waals surface area contributed by atoms with Gasteiger partial charge in [-0.15, -0.1) is 0 Å². The minimum atomic E-state index is 0.0469. The maximum Gasteiger partial charge on any atom is 0.220 e. The lowest BCUT2D eigenvalue weighted by atomic mass is 10.1. The number of nitrogens with one attached hydrogen (secondary N) is 1. The molecule has 0 aliphatic heterocycles. The summed E-state index contributed by atoms with van der Waals surface area (Å²) in [5, 5.41) is 8.68. The van der Waals surface area contributed by atoms with Crippen molar-refractivity contribution < 1.29 is 4.79 Å². The first-order valence-electron chi connectivity index (χ1n) is 9.30. The Morgan fingerprint density at radius 2 is 2.12 bits per heavy atom. The number of nitrogens with two attached hydrogens (primary N) is 1. The van der Waals surface area contributed by atoms with Gasteiger partial charge in [-0.3, -0.25) is 4.79 Å². The fourth-order valence-electron chi connectivity index (χ4n) is 3.59. The standard InChI is InChI=1S/C20H25N5O/c1-12-15(9-10-19(26)22-11-17(21)14-7-8-14)13(2)25-20(23-12)16-5-3-4-6-18(16)24-25/h3-6,14,17H,7-11,21H2,1-2H3,(H,22,26). The Kier molecular flexibility index (Phi) is 4.36. The molecule has 0 bridgehead atoms. The number of aryl methyl sites for hydroxylation is 2. The molecule has 1 aliphatic carbocycles. The Bertz CT molecular complexity index is 973. The summed E-state index contributed by atoms with van der Waals surface area (Å²) in [6.07, 6.45) is 3.48. The van der Waals surface area contributed by atoms with Crippen LogP contribution < -0.4 is 11.1 Å². The van der Waals surface area contributed by atoms with Crippen molar-refractivity contribution in [2.75, 3.05) is 6.54 Å². The Hall–Kier alpha value is -2.47. The number of carbonyl (C=O) groups excluding carboxylic acids is 1. The van der Waals surface area contributed by atoms with Crippen molar-refractivity contribution in [3.8, 4) is 0 Å². The largest absolute Gasteiger partial charge is 0.355 e. The second kappa shape index (κ2) is 6.68. The number of fused-ring (bicyclic) bond motifs is 3. The van der Waals surface area contributed by atoms with Gasteiger partial charge in [-0.25, -0.2) is 9.50 Å². The van der Waals surface area contributed by atoms with E-state index in [9.17, 15) is 4.79 Å². The van der Waals surface area contributed by atoms with E-state index >= 15 is 0 Å². The number of rotatable bonds is 6. The van der Waals surface area contributed by atoms with E-state index in [4.69, 9.17) is 10.7 Å². The fourth-order valence-corrected chi connectivity index (χ4v) is 3.59. The molecule has 0 spiro atoms. The Morgan fingerprint density at radius 3 is 2.88 bits per heavy atom. The van der Waals surface area contributed by atoms with Crippen LogP contribution >= 0.6 is 0 Å². The summed E-state index contributed by atoms with van der Waals surface area (Å²) >= 11 is 0. The third-order valence-electron chi connectivity index (χ3n) is 5.38. The zero-order valence-corrected chi connectivity index (χ0v) is 15.3. The van der Waals surface area contributed by atoms with Crippen LogP contribution in [-0.4, -0.2) is 33.1 Å². The molecule has 26 heavy (non-hydrogen) atoms. The summed E-state index contributed by atoms with van der Waals surface area (Å²) in [4.78, 5) is 16.9. The van der Waals surface area contributed by atoms with E-state index in [1.807, 2.05) is 42.6 Å². The number of amides is 1. The molecule has 1 saturated carbocycles. The first-order chi connectivity index (χ1) is 12.5. The molecule has 0 radical (unpaired) electrons. The van der Waals surface area contributed by atoms with Gasteiger partial charge >= 0.3 is 0 Å². The van der Waals surface area contributed by atoms with E-state index < -0.39 is 0 Å². The Labute approximate surface area is 152 Å². The van der Waals surface area contributed by atoms with Crippen LogP contribution in [0, 0.1) is 19.8 Å². The van der Waals surface area contributed by atoms with Gasteiger partial charge in [0.1, 0.15) is 0 Å². The van der Waals surface area contributed by atoms with Crippen LogP contribution in [0.2, 0.25) is 0 Å². The van der Waals surface area contributed by atoms with Crippen LogP contribution in [-0.2, 0) is 11.2 Å². The number of hydrogen-bond acceptors (Lipinski definition) is 4. The van der Waals surface area contributed by atoms with E-state index in [-0.39, 0.29) is 11.9 Å². The monoisotopic (exact) mass is 351 g/mol. The van der Waals surface area contributed by atoms with Crippen molar-refractivity contribution >= 4 is 22.5 Å². The van der Waals surface area contributed by atoms with Gasteiger partial charge in [0.2, 0.25) is 5.91 Å². The summed E-state index contributed by atoms with van der Waals surface area (Å²) in [6, 6.07) is 8.11. The Morgan fingerprint density at radius 1 is 1.35 bits per heavy atom. The number of benzene rings is 1. The van der Waals surface area contributed by atoms with Gasteiger partial charge in [-0.2, -0.15) is 5.10 Å². The highest BCUT2D eigenvalue weighted by molar-refractivity contribution is 5.92. The van der Waals surface area contributed by atoms with Crippen LogP contribution in [0.1, 0.15) is 36.2 Å². The van der Waals surface area contributed by atoms with Gasteiger partial charge in [0.05, 0.1) is 5.52 Å². The smallest absolute Gasteiger partial charge is 0.220 e. The summed E-state index contributed by atoms with van der Waals surface area (Å²) in [6.45, 7) is 4.62. The lowest BCUT2D eigenvalue weighted by molar-refractivity contribution is -0.121. The maximum atomic E-state index is 12.2. The molecule has 1 amide bonds. The molecule has 1 aliphatic rings.